The Kier molecular flexibility index (Phi) is 3.19. The smallest absolute Gasteiger partial charge is 0.188 e. The molecule has 0 atom stereocenters. The number of aromatic nitrogens is 1. The van der Waals surface area contributed by atoms with E-state index in [0.717, 1.165) is 0 Å². The van der Waals surface area contributed by atoms with Crippen molar-refractivity contribution >= 4 is 12.6 Å². The lowest BCUT2D eigenvalue weighted by Gasteiger charge is -2.04. The van der Waals surface area contributed by atoms with E-state index in [1.807, 2.05) is 0 Å². The van der Waals surface area contributed by atoms with Gasteiger partial charge in [0.15, 0.2) is 12.5 Å². The Labute approximate surface area is 70.8 Å². The fourth-order valence-electron chi connectivity index (χ4n) is 0.617. The summed E-state index contributed by atoms with van der Waals surface area (Å²) in [5.74, 6) is 0.637. The van der Waals surface area contributed by atoms with E-state index in [1.165, 1.54) is 0 Å². The molecule has 1 aromatic heterocycles. The molecule has 0 fully saturated rings. The van der Waals surface area contributed by atoms with Crippen molar-refractivity contribution in [2.45, 2.75) is 5.03 Å². The molecule has 60 valence electrons. The maximum Gasteiger partial charge on any atom is 0.188 e. The van der Waals surface area contributed by atoms with Crippen LogP contribution in [0.3, 0.4) is 0 Å². The average molecular weight is 171 g/mol. The van der Waals surface area contributed by atoms with Crippen LogP contribution in [0.15, 0.2) is 23.4 Å². The van der Waals surface area contributed by atoms with Crippen molar-refractivity contribution in [3.8, 4) is 5.75 Å². The zero-order valence-electron chi connectivity index (χ0n) is 6.15. The van der Waals surface area contributed by atoms with Gasteiger partial charge in [-0.3, -0.25) is 0 Å². The highest BCUT2D eigenvalue weighted by atomic mass is 32.1. The Hall–Kier alpha value is -0.740. The minimum Gasteiger partial charge on any atom is -0.465 e. The van der Waals surface area contributed by atoms with Gasteiger partial charge < -0.3 is 9.47 Å². The van der Waals surface area contributed by atoms with Crippen LogP contribution < -0.4 is 4.74 Å². The number of hydrogen-bond donors (Lipinski definition) is 1. The fraction of sp³-hybridized carbons (Fsp3) is 0.286. The molecule has 3 nitrogen and oxygen atoms in total. The van der Waals surface area contributed by atoms with Gasteiger partial charge in [0, 0.05) is 13.3 Å². The third kappa shape index (κ3) is 2.40. The molecule has 0 aliphatic heterocycles. The van der Waals surface area contributed by atoms with E-state index < -0.39 is 0 Å². The van der Waals surface area contributed by atoms with E-state index in [9.17, 15) is 0 Å². The first-order valence-corrected chi connectivity index (χ1v) is 3.55. The van der Waals surface area contributed by atoms with Gasteiger partial charge in [0.05, 0.1) is 0 Å². The Morgan fingerprint density at radius 2 is 2.45 bits per heavy atom. The van der Waals surface area contributed by atoms with Crippen LogP contribution in [0, 0.1) is 0 Å². The van der Waals surface area contributed by atoms with Crippen molar-refractivity contribution < 1.29 is 9.47 Å². The molecule has 1 aromatic rings. The lowest BCUT2D eigenvalue weighted by molar-refractivity contribution is 0.0487. The van der Waals surface area contributed by atoms with E-state index in [4.69, 9.17) is 9.47 Å². The van der Waals surface area contributed by atoms with Gasteiger partial charge in [-0.1, -0.05) is 0 Å². The lowest BCUT2D eigenvalue weighted by atomic mass is 10.5. The third-order valence-electron chi connectivity index (χ3n) is 1.08. The summed E-state index contributed by atoms with van der Waals surface area (Å²) >= 11 is 4.08. The minimum absolute atomic E-state index is 0.221. The van der Waals surface area contributed by atoms with E-state index in [2.05, 4.69) is 17.6 Å². The summed E-state index contributed by atoms with van der Waals surface area (Å²) in [6.07, 6.45) is 1.65. The monoisotopic (exact) mass is 171 g/mol. The van der Waals surface area contributed by atoms with Crippen LogP contribution in [0.5, 0.6) is 5.75 Å². The SMILES string of the molecule is COCOc1cccnc1S. The molecule has 0 unspecified atom stereocenters. The quantitative estimate of drug-likeness (QED) is 0.550. The summed E-state index contributed by atoms with van der Waals surface area (Å²) in [6, 6.07) is 3.57. The van der Waals surface area contributed by atoms with E-state index in [1.54, 1.807) is 25.4 Å². The van der Waals surface area contributed by atoms with Gasteiger partial charge in [-0.15, -0.1) is 12.6 Å². The lowest BCUT2D eigenvalue weighted by Crippen LogP contribution is -1.99. The molecule has 0 N–H and O–H groups in total. The second-order valence-corrected chi connectivity index (χ2v) is 2.30. The van der Waals surface area contributed by atoms with Crippen molar-refractivity contribution in [3.63, 3.8) is 0 Å². The van der Waals surface area contributed by atoms with Crippen LogP contribution in [0.2, 0.25) is 0 Å². The van der Waals surface area contributed by atoms with E-state index in [0.29, 0.717) is 10.8 Å². The topological polar surface area (TPSA) is 31.4 Å². The Morgan fingerprint density at radius 1 is 1.64 bits per heavy atom. The number of methoxy groups -OCH3 is 1. The maximum atomic E-state index is 5.12. The molecule has 0 saturated carbocycles. The van der Waals surface area contributed by atoms with Crippen molar-refractivity contribution in [2.24, 2.45) is 0 Å². The highest BCUT2D eigenvalue weighted by Crippen LogP contribution is 2.17. The van der Waals surface area contributed by atoms with Gasteiger partial charge in [0.2, 0.25) is 0 Å². The molecule has 0 aromatic carbocycles. The number of thiol groups is 1. The summed E-state index contributed by atoms with van der Waals surface area (Å²) in [4.78, 5) is 3.92. The van der Waals surface area contributed by atoms with Gasteiger partial charge in [0.25, 0.3) is 0 Å². The van der Waals surface area contributed by atoms with Gasteiger partial charge in [-0.2, -0.15) is 0 Å². The van der Waals surface area contributed by atoms with Crippen LogP contribution in [0.4, 0.5) is 0 Å². The Balaban J connectivity index is 2.62. The number of hydrogen-bond acceptors (Lipinski definition) is 4. The molecule has 0 spiro atoms. The molecule has 0 aliphatic carbocycles. The van der Waals surface area contributed by atoms with Crippen molar-refractivity contribution in [1.29, 1.82) is 0 Å². The maximum absolute atomic E-state index is 5.12. The average Bonchev–Trinajstić information content (AvgIpc) is 2.03. The summed E-state index contributed by atoms with van der Waals surface area (Å²) in [5, 5.41) is 0.574. The molecular formula is C7H9NO2S. The normalized spacial score (nSPS) is 9.64. The fourth-order valence-corrected chi connectivity index (χ4v) is 0.823. The first-order valence-electron chi connectivity index (χ1n) is 3.10. The van der Waals surface area contributed by atoms with Crippen LogP contribution in [0.1, 0.15) is 0 Å². The Morgan fingerprint density at radius 3 is 3.09 bits per heavy atom. The molecule has 0 saturated heterocycles. The first kappa shape index (κ1) is 8.36. The predicted octanol–water partition coefficient (Wildman–Crippen LogP) is 1.35. The van der Waals surface area contributed by atoms with Crippen LogP contribution in [-0.4, -0.2) is 18.9 Å². The molecule has 0 bridgehead atoms. The third-order valence-corrected chi connectivity index (χ3v) is 1.42. The van der Waals surface area contributed by atoms with Gasteiger partial charge in [0.1, 0.15) is 5.03 Å². The number of nitrogens with zero attached hydrogens (tertiary/aromatic N) is 1. The number of ether oxygens (including phenoxy) is 2. The predicted molar refractivity (Wildman–Crippen MR) is 44.0 cm³/mol. The Bertz CT molecular complexity index is 229. The zero-order valence-corrected chi connectivity index (χ0v) is 7.04. The van der Waals surface area contributed by atoms with E-state index >= 15 is 0 Å². The molecule has 1 rings (SSSR count). The summed E-state index contributed by atoms with van der Waals surface area (Å²) in [7, 11) is 1.56. The number of pyridine rings is 1. The van der Waals surface area contributed by atoms with Crippen LogP contribution >= 0.6 is 12.6 Å². The van der Waals surface area contributed by atoms with Crippen molar-refractivity contribution in [1.82, 2.24) is 4.98 Å². The van der Waals surface area contributed by atoms with Gasteiger partial charge in [-0.25, -0.2) is 4.98 Å². The molecule has 4 heteroatoms. The second-order valence-electron chi connectivity index (χ2n) is 1.88. The van der Waals surface area contributed by atoms with Crippen molar-refractivity contribution in [2.75, 3.05) is 13.9 Å². The van der Waals surface area contributed by atoms with Crippen LogP contribution in [-0.2, 0) is 4.74 Å². The molecular weight excluding hydrogens is 162 g/mol. The standard InChI is InChI=1S/C7H9NO2S/c1-9-5-10-6-3-2-4-8-7(6)11/h2-4H,5H2,1H3,(H,8,11). The molecule has 0 amide bonds. The summed E-state index contributed by atoms with van der Waals surface area (Å²) in [6.45, 7) is 0.221. The van der Waals surface area contributed by atoms with Crippen molar-refractivity contribution in [3.05, 3.63) is 18.3 Å². The molecule has 0 radical (unpaired) electrons. The summed E-state index contributed by atoms with van der Waals surface area (Å²) < 4.78 is 9.84. The highest BCUT2D eigenvalue weighted by molar-refractivity contribution is 7.80. The number of rotatable bonds is 3. The highest BCUT2D eigenvalue weighted by Gasteiger charge is 1.97. The minimum atomic E-state index is 0.221. The molecule has 1 heterocycles. The summed E-state index contributed by atoms with van der Waals surface area (Å²) in [5.41, 5.74) is 0. The van der Waals surface area contributed by atoms with Gasteiger partial charge >= 0.3 is 0 Å². The second kappa shape index (κ2) is 4.20. The molecule has 11 heavy (non-hydrogen) atoms. The first-order chi connectivity index (χ1) is 5.34. The molecule has 0 aliphatic rings. The van der Waals surface area contributed by atoms with E-state index in [-0.39, 0.29) is 6.79 Å². The van der Waals surface area contributed by atoms with Crippen LogP contribution in [0.25, 0.3) is 0 Å². The largest absolute Gasteiger partial charge is 0.465 e. The van der Waals surface area contributed by atoms with Gasteiger partial charge in [-0.05, 0) is 12.1 Å². The zero-order chi connectivity index (χ0) is 8.10.